The number of carbonyl (C=O) groups excluding carboxylic acids is 1. The van der Waals surface area contributed by atoms with Gasteiger partial charge in [-0.15, -0.1) is 10.2 Å². The van der Waals surface area contributed by atoms with Gasteiger partial charge in [-0.2, -0.15) is 0 Å². The van der Waals surface area contributed by atoms with Crippen molar-refractivity contribution in [3.8, 4) is 5.75 Å². The highest BCUT2D eigenvalue weighted by atomic mass is 32.1. The van der Waals surface area contributed by atoms with E-state index in [1.54, 1.807) is 6.08 Å². The summed E-state index contributed by atoms with van der Waals surface area (Å²) in [4.78, 5) is 12.0. The van der Waals surface area contributed by atoms with Crippen molar-refractivity contribution in [2.45, 2.75) is 46.0 Å². The van der Waals surface area contributed by atoms with Crippen LogP contribution in [0.2, 0.25) is 0 Å². The molecule has 0 saturated heterocycles. The number of unbranched alkanes of at least 4 members (excludes halogenated alkanes) is 2. The van der Waals surface area contributed by atoms with Crippen LogP contribution in [0.15, 0.2) is 30.3 Å². The molecule has 0 fully saturated rings. The van der Waals surface area contributed by atoms with Crippen LogP contribution in [0.3, 0.4) is 0 Å². The van der Waals surface area contributed by atoms with Crippen LogP contribution in [0.4, 0.5) is 5.13 Å². The van der Waals surface area contributed by atoms with Crippen molar-refractivity contribution in [1.82, 2.24) is 10.2 Å². The molecule has 1 N–H and O–H groups in total. The van der Waals surface area contributed by atoms with Crippen LogP contribution in [-0.4, -0.2) is 22.7 Å². The Kier molecular flexibility index (Phi) is 8.12. The molecule has 25 heavy (non-hydrogen) atoms. The Bertz CT molecular complexity index is 680. The number of nitrogens with one attached hydrogen (secondary N) is 1. The molecule has 0 bridgehead atoms. The number of carbonyl (C=O) groups is 1. The molecule has 1 amide bonds. The molecule has 0 spiro atoms. The highest BCUT2D eigenvalue weighted by Crippen LogP contribution is 2.17. The lowest BCUT2D eigenvalue weighted by molar-refractivity contribution is -0.111. The van der Waals surface area contributed by atoms with Gasteiger partial charge in [0.1, 0.15) is 10.8 Å². The number of rotatable bonds is 10. The third kappa shape index (κ3) is 7.05. The summed E-state index contributed by atoms with van der Waals surface area (Å²) in [7, 11) is 0. The van der Waals surface area contributed by atoms with E-state index < -0.39 is 0 Å². The Hall–Kier alpha value is -2.21. The summed E-state index contributed by atoms with van der Waals surface area (Å²) in [6.07, 6.45) is 8.54. The normalized spacial score (nSPS) is 11.0. The van der Waals surface area contributed by atoms with Gasteiger partial charge in [0.2, 0.25) is 11.0 Å². The molecule has 1 aromatic heterocycles. The van der Waals surface area contributed by atoms with Crippen molar-refractivity contribution in [2.24, 2.45) is 0 Å². The van der Waals surface area contributed by atoms with Gasteiger partial charge in [-0.3, -0.25) is 10.1 Å². The quantitative estimate of drug-likeness (QED) is 0.493. The second-order valence-corrected chi connectivity index (χ2v) is 6.76. The average Bonchev–Trinajstić information content (AvgIpc) is 3.07. The smallest absolute Gasteiger partial charge is 0.250 e. The maximum atomic E-state index is 12.0. The minimum absolute atomic E-state index is 0.207. The van der Waals surface area contributed by atoms with E-state index in [-0.39, 0.29) is 5.91 Å². The van der Waals surface area contributed by atoms with Gasteiger partial charge < -0.3 is 4.74 Å². The molecule has 6 heteroatoms. The summed E-state index contributed by atoms with van der Waals surface area (Å²) in [5, 5.41) is 12.3. The van der Waals surface area contributed by atoms with E-state index in [2.05, 4.69) is 29.4 Å². The molecule has 1 aromatic carbocycles. The van der Waals surface area contributed by atoms with Crippen molar-refractivity contribution in [2.75, 3.05) is 11.9 Å². The molecule has 0 aliphatic rings. The number of aryl methyl sites for hydroxylation is 1. The highest BCUT2D eigenvalue weighted by Gasteiger charge is 2.05. The summed E-state index contributed by atoms with van der Waals surface area (Å²) in [6, 6.07) is 7.69. The Morgan fingerprint density at radius 1 is 1.16 bits per heavy atom. The number of benzene rings is 1. The first-order valence-corrected chi connectivity index (χ1v) is 9.57. The maximum Gasteiger partial charge on any atom is 0.250 e. The Labute approximate surface area is 153 Å². The van der Waals surface area contributed by atoms with Crippen LogP contribution in [0.5, 0.6) is 5.75 Å². The van der Waals surface area contributed by atoms with E-state index in [4.69, 9.17) is 4.74 Å². The van der Waals surface area contributed by atoms with Crippen molar-refractivity contribution < 1.29 is 9.53 Å². The molecule has 0 saturated carbocycles. The molecular formula is C19H25N3O2S. The van der Waals surface area contributed by atoms with Gasteiger partial charge in [-0.05, 0) is 36.6 Å². The van der Waals surface area contributed by atoms with Gasteiger partial charge >= 0.3 is 0 Å². The van der Waals surface area contributed by atoms with E-state index in [1.807, 2.05) is 24.3 Å². The zero-order valence-corrected chi connectivity index (χ0v) is 15.6. The molecule has 2 aromatic rings. The second-order valence-electron chi connectivity index (χ2n) is 5.70. The van der Waals surface area contributed by atoms with Crippen LogP contribution < -0.4 is 10.1 Å². The lowest BCUT2D eigenvalue weighted by Crippen LogP contribution is -2.07. The number of nitrogens with zero attached hydrogens (tertiary/aromatic N) is 2. The summed E-state index contributed by atoms with van der Waals surface area (Å²) in [5.74, 6) is 0.644. The van der Waals surface area contributed by atoms with Crippen LogP contribution in [-0.2, 0) is 11.2 Å². The lowest BCUT2D eigenvalue weighted by Gasteiger charge is -2.04. The fourth-order valence-electron chi connectivity index (χ4n) is 2.06. The van der Waals surface area contributed by atoms with Crippen LogP contribution in [0.1, 0.15) is 50.1 Å². The summed E-state index contributed by atoms with van der Waals surface area (Å²) in [5.41, 5.74) is 0.943. The van der Waals surface area contributed by atoms with Crippen molar-refractivity contribution in [3.05, 3.63) is 40.9 Å². The van der Waals surface area contributed by atoms with E-state index in [0.717, 1.165) is 55.0 Å². The number of hydrogen-bond donors (Lipinski definition) is 1. The molecule has 0 aliphatic carbocycles. The van der Waals surface area contributed by atoms with Crippen molar-refractivity contribution >= 4 is 28.5 Å². The number of aromatic nitrogens is 2. The average molecular weight is 359 g/mol. The predicted molar refractivity (Wildman–Crippen MR) is 103 cm³/mol. The summed E-state index contributed by atoms with van der Waals surface area (Å²) < 4.78 is 5.62. The zero-order chi connectivity index (χ0) is 17.9. The minimum Gasteiger partial charge on any atom is -0.494 e. The van der Waals surface area contributed by atoms with Crippen LogP contribution >= 0.6 is 11.3 Å². The zero-order valence-electron chi connectivity index (χ0n) is 14.8. The number of ether oxygens (including phenoxy) is 1. The number of anilines is 1. The monoisotopic (exact) mass is 359 g/mol. The first-order chi connectivity index (χ1) is 12.2. The molecule has 0 aliphatic heterocycles. The van der Waals surface area contributed by atoms with E-state index in [9.17, 15) is 4.79 Å². The number of amides is 1. The highest BCUT2D eigenvalue weighted by molar-refractivity contribution is 7.15. The number of hydrogen-bond acceptors (Lipinski definition) is 5. The predicted octanol–water partition coefficient (Wildman–Crippen LogP) is 4.71. The second kappa shape index (κ2) is 10.6. The third-order valence-corrected chi connectivity index (χ3v) is 4.41. The summed E-state index contributed by atoms with van der Waals surface area (Å²) >= 11 is 1.43. The van der Waals surface area contributed by atoms with Gasteiger partial charge in [0, 0.05) is 12.5 Å². The molecular weight excluding hydrogens is 334 g/mol. The molecule has 0 unspecified atom stereocenters. The van der Waals surface area contributed by atoms with E-state index >= 15 is 0 Å². The SMILES string of the molecule is CCCCOc1ccc(/C=C/C(=O)Nc2nnc(CCCC)s2)cc1. The fourth-order valence-corrected chi connectivity index (χ4v) is 2.85. The molecule has 0 radical (unpaired) electrons. The summed E-state index contributed by atoms with van der Waals surface area (Å²) in [6.45, 7) is 5.00. The minimum atomic E-state index is -0.207. The first-order valence-electron chi connectivity index (χ1n) is 8.75. The topological polar surface area (TPSA) is 64.1 Å². The molecule has 0 atom stereocenters. The maximum absolute atomic E-state index is 12.0. The Balaban J connectivity index is 1.82. The molecule has 5 nitrogen and oxygen atoms in total. The lowest BCUT2D eigenvalue weighted by atomic mass is 10.2. The largest absolute Gasteiger partial charge is 0.494 e. The van der Waals surface area contributed by atoms with E-state index in [1.165, 1.54) is 17.4 Å². The van der Waals surface area contributed by atoms with Gasteiger partial charge in [-0.1, -0.05) is 50.2 Å². The molecule has 134 valence electrons. The standard InChI is InChI=1S/C19H25N3O2S/c1-3-5-7-18-21-22-19(25-18)20-17(23)13-10-15-8-11-16(12-9-15)24-14-6-4-2/h8-13H,3-7,14H2,1-2H3,(H,20,22,23)/b13-10+. The van der Waals surface area contributed by atoms with Gasteiger partial charge in [0.15, 0.2) is 0 Å². The van der Waals surface area contributed by atoms with Crippen molar-refractivity contribution in [3.63, 3.8) is 0 Å². The van der Waals surface area contributed by atoms with E-state index in [0.29, 0.717) is 5.13 Å². The Morgan fingerprint density at radius 3 is 2.64 bits per heavy atom. The van der Waals surface area contributed by atoms with Gasteiger partial charge in [0.05, 0.1) is 6.61 Å². The van der Waals surface area contributed by atoms with Crippen LogP contribution in [0, 0.1) is 0 Å². The molecule has 1 heterocycles. The van der Waals surface area contributed by atoms with Gasteiger partial charge in [-0.25, -0.2) is 0 Å². The van der Waals surface area contributed by atoms with Crippen LogP contribution in [0.25, 0.3) is 6.08 Å². The fraction of sp³-hybridized carbons (Fsp3) is 0.421. The van der Waals surface area contributed by atoms with Gasteiger partial charge in [0.25, 0.3) is 0 Å². The molecule has 2 rings (SSSR count). The van der Waals surface area contributed by atoms with Crippen molar-refractivity contribution in [1.29, 1.82) is 0 Å². The third-order valence-electron chi connectivity index (χ3n) is 3.52. The Morgan fingerprint density at radius 2 is 1.92 bits per heavy atom. The first kappa shape index (κ1) is 19.1.